The minimum Gasteiger partial charge on any atom is -0.387 e. The summed E-state index contributed by atoms with van der Waals surface area (Å²) in [6.45, 7) is 3.72. The number of carbonyl (C=O) groups excluding carboxylic acids is 2. The highest BCUT2D eigenvalue weighted by Crippen LogP contribution is 2.39. The zero-order valence-electron chi connectivity index (χ0n) is 12.3. The van der Waals surface area contributed by atoms with Crippen LogP contribution in [0, 0.1) is 11.2 Å². The SMILES string of the molecule is CCC1(CC)CC(=O)N(C[C@H](O)c2ccc(F)cc2)C1=O. The van der Waals surface area contributed by atoms with Crippen molar-refractivity contribution in [1.29, 1.82) is 0 Å². The quantitative estimate of drug-likeness (QED) is 0.848. The first-order chi connectivity index (χ1) is 9.93. The van der Waals surface area contributed by atoms with Crippen LogP contribution in [0.5, 0.6) is 0 Å². The summed E-state index contributed by atoms with van der Waals surface area (Å²) in [5.41, 5.74) is -0.137. The lowest BCUT2D eigenvalue weighted by Crippen LogP contribution is -2.37. The Morgan fingerprint density at radius 3 is 2.29 bits per heavy atom. The van der Waals surface area contributed by atoms with Crippen LogP contribution in [0.2, 0.25) is 0 Å². The van der Waals surface area contributed by atoms with Crippen molar-refractivity contribution in [3.05, 3.63) is 35.6 Å². The maximum absolute atomic E-state index is 12.9. The van der Waals surface area contributed by atoms with Crippen molar-refractivity contribution in [3.8, 4) is 0 Å². The van der Waals surface area contributed by atoms with E-state index in [1.54, 1.807) is 0 Å². The number of hydrogen-bond donors (Lipinski definition) is 1. The van der Waals surface area contributed by atoms with Gasteiger partial charge in [0.05, 0.1) is 18.1 Å². The monoisotopic (exact) mass is 293 g/mol. The second-order valence-electron chi connectivity index (χ2n) is 5.54. The van der Waals surface area contributed by atoms with Gasteiger partial charge in [0.15, 0.2) is 0 Å². The fourth-order valence-electron chi connectivity index (χ4n) is 2.81. The Bertz CT molecular complexity index is 537. The molecule has 0 radical (unpaired) electrons. The molecule has 5 heteroatoms. The van der Waals surface area contributed by atoms with Crippen LogP contribution in [0.1, 0.15) is 44.8 Å². The smallest absolute Gasteiger partial charge is 0.235 e. The van der Waals surface area contributed by atoms with Gasteiger partial charge in [-0.05, 0) is 30.5 Å². The molecule has 1 aliphatic heterocycles. The molecule has 0 unspecified atom stereocenters. The van der Waals surface area contributed by atoms with E-state index in [2.05, 4.69) is 0 Å². The lowest BCUT2D eigenvalue weighted by Gasteiger charge is -2.24. The van der Waals surface area contributed by atoms with Crippen LogP contribution in [-0.4, -0.2) is 28.4 Å². The molecule has 1 saturated heterocycles. The Morgan fingerprint density at radius 1 is 1.24 bits per heavy atom. The van der Waals surface area contributed by atoms with Crippen molar-refractivity contribution in [3.63, 3.8) is 0 Å². The number of rotatable bonds is 5. The molecule has 1 aromatic carbocycles. The second kappa shape index (κ2) is 5.93. The molecule has 2 amide bonds. The van der Waals surface area contributed by atoms with Crippen molar-refractivity contribution < 1.29 is 19.1 Å². The highest BCUT2D eigenvalue weighted by molar-refractivity contribution is 6.05. The molecule has 0 aromatic heterocycles. The third kappa shape index (κ3) is 2.83. The summed E-state index contributed by atoms with van der Waals surface area (Å²) in [6, 6.07) is 5.40. The van der Waals surface area contributed by atoms with E-state index < -0.39 is 17.3 Å². The molecule has 1 N–H and O–H groups in total. The summed E-state index contributed by atoms with van der Waals surface area (Å²) < 4.78 is 12.9. The van der Waals surface area contributed by atoms with Crippen LogP contribution < -0.4 is 0 Å². The Balaban J connectivity index is 2.14. The summed E-state index contributed by atoms with van der Waals surface area (Å²) in [6.07, 6.45) is 0.423. The Hall–Kier alpha value is -1.75. The van der Waals surface area contributed by atoms with Crippen LogP contribution in [0.4, 0.5) is 4.39 Å². The molecule has 1 fully saturated rings. The first-order valence-corrected chi connectivity index (χ1v) is 7.22. The Labute approximate surface area is 123 Å². The van der Waals surface area contributed by atoms with Crippen molar-refractivity contribution in [1.82, 2.24) is 4.90 Å². The van der Waals surface area contributed by atoms with Crippen molar-refractivity contribution in [2.24, 2.45) is 5.41 Å². The minimum absolute atomic E-state index is 0.0783. The molecule has 21 heavy (non-hydrogen) atoms. The van der Waals surface area contributed by atoms with E-state index in [1.165, 1.54) is 24.3 Å². The number of β-amino-alcohol motifs (C(OH)–C–C–N with tert-alkyl or cyclic N) is 1. The van der Waals surface area contributed by atoms with Gasteiger partial charge in [0.1, 0.15) is 5.82 Å². The van der Waals surface area contributed by atoms with E-state index in [1.807, 2.05) is 13.8 Å². The van der Waals surface area contributed by atoms with Crippen LogP contribution in [0.25, 0.3) is 0 Å². The third-order valence-corrected chi connectivity index (χ3v) is 4.45. The van der Waals surface area contributed by atoms with Crippen LogP contribution in [0.3, 0.4) is 0 Å². The molecule has 0 spiro atoms. The van der Waals surface area contributed by atoms with Crippen molar-refractivity contribution in [2.45, 2.75) is 39.2 Å². The lowest BCUT2D eigenvalue weighted by atomic mass is 9.81. The molecule has 1 atom stereocenters. The number of aliphatic hydroxyl groups is 1. The predicted molar refractivity (Wildman–Crippen MR) is 75.7 cm³/mol. The molecule has 1 aliphatic rings. The summed E-state index contributed by atoms with van der Waals surface area (Å²) in [5.74, 6) is -0.848. The average Bonchev–Trinajstić information content (AvgIpc) is 2.72. The zero-order chi connectivity index (χ0) is 15.6. The Morgan fingerprint density at radius 2 is 1.81 bits per heavy atom. The molecule has 4 nitrogen and oxygen atoms in total. The van der Waals surface area contributed by atoms with E-state index >= 15 is 0 Å². The molecule has 0 saturated carbocycles. The van der Waals surface area contributed by atoms with E-state index in [4.69, 9.17) is 0 Å². The molecule has 1 aromatic rings. The fourth-order valence-corrected chi connectivity index (χ4v) is 2.81. The molecular weight excluding hydrogens is 273 g/mol. The van der Waals surface area contributed by atoms with Gasteiger partial charge in [0.2, 0.25) is 11.8 Å². The van der Waals surface area contributed by atoms with Crippen LogP contribution >= 0.6 is 0 Å². The van der Waals surface area contributed by atoms with E-state index in [0.717, 1.165) is 4.90 Å². The van der Waals surface area contributed by atoms with Gasteiger partial charge >= 0.3 is 0 Å². The van der Waals surface area contributed by atoms with Gasteiger partial charge in [0.25, 0.3) is 0 Å². The maximum Gasteiger partial charge on any atom is 0.235 e. The van der Waals surface area contributed by atoms with Gasteiger partial charge in [-0.1, -0.05) is 26.0 Å². The highest BCUT2D eigenvalue weighted by atomic mass is 19.1. The van der Waals surface area contributed by atoms with Crippen molar-refractivity contribution in [2.75, 3.05) is 6.54 Å². The average molecular weight is 293 g/mol. The second-order valence-corrected chi connectivity index (χ2v) is 5.54. The summed E-state index contributed by atoms with van der Waals surface area (Å²) >= 11 is 0. The Kier molecular flexibility index (Phi) is 4.42. The molecule has 0 bridgehead atoms. The van der Waals surface area contributed by atoms with Gasteiger partial charge in [-0.2, -0.15) is 0 Å². The first kappa shape index (κ1) is 15.6. The lowest BCUT2D eigenvalue weighted by molar-refractivity contribution is -0.143. The number of imide groups is 1. The van der Waals surface area contributed by atoms with E-state index in [0.29, 0.717) is 18.4 Å². The summed E-state index contributed by atoms with van der Waals surface area (Å²) in [5, 5.41) is 10.2. The van der Waals surface area contributed by atoms with Crippen molar-refractivity contribution >= 4 is 11.8 Å². The molecular formula is C16H20FNO3. The van der Waals surface area contributed by atoms with Crippen LogP contribution in [0.15, 0.2) is 24.3 Å². The maximum atomic E-state index is 12.9. The van der Waals surface area contributed by atoms with Gasteiger partial charge in [-0.25, -0.2) is 4.39 Å². The summed E-state index contributed by atoms with van der Waals surface area (Å²) in [4.78, 5) is 25.7. The standard InChI is InChI=1S/C16H20FNO3/c1-3-16(4-2)9-14(20)18(15(16)21)10-13(19)11-5-7-12(17)8-6-11/h5-8,13,19H,3-4,9-10H2,1-2H3/t13-/m0/s1. The van der Waals surface area contributed by atoms with Gasteiger partial charge in [-0.15, -0.1) is 0 Å². The minimum atomic E-state index is -0.997. The van der Waals surface area contributed by atoms with Gasteiger partial charge in [-0.3, -0.25) is 14.5 Å². The zero-order valence-corrected chi connectivity index (χ0v) is 12.3. The number of amides is 2. The normalized spacial score (nSPS) is 19.1. The van der Waals surface area contributed by atoms with E-state index in [-0.39, 0.29) is 24.8 Å². The molecule has 114 valence electrons. The predicted octanol–water partition coefficient (Wildman–Crippen LogP) is 2.42. The molecule has 0 aliphatic carbocycles. The first-order valence-electron chi connectivity index (χ1n) is 7.22. The molecule has 2 rings (SSSR count). The largest absolute Gasteiger partial charge is 0.387 e. The number of benzene rings is 1. The number of hydrogen-bond acceptors (Lipinski definition) is 3. The van der Waals surface area contributed by atoms with Gasteiger partial charge < -0.3 is 5.11 Å². The number of nitrogens with zero attached hydrogens (tertiary/aromatic N) is 1. The third-order valence-electron chi connectivity index (χ3n) is 4.45. The number of carbonyl (C=O) groups is 2. The number of aliphatic hydroxyl groups excluding tert-OH is 1. The van der Waals surface area contributed by atoms with Crippen LogP contribution in [-0.2, 0) is 9.59 Å². The highest BCUT2D eigenvalue weighted by Gasteiger charge is 2.49. The molecule has 1 heterocycles. The van der Waals surface area contributed by atoms with Gasteiger partial charge in [0, 0.05) is 6.42 Å². The summed E-state index contributed by atoms with van der Waals surface area (Å²) in [7, 11) is 0. The fraction of sp³-hybridized carbons (Fsp3) is 0.500. The number of likely N-dealkylation sites (tertiary alicyclic amines) is 1. The number of halogens is 1. The topological polar surface area (TPSA) is 57.6 Å². The van der Waals surface area contributed by atoms with E-state index in [9.17, 15) is 19.1 Å².